The molecular formula is C26H33N3O3. The fourth-order valence-electron chi connectivity index (χ4n) is 4.93. The summed E-state index contributed by atoms with van der Waals surface area (Å²) < 4.78 is 6.13. The van der Waals surface area contributed by atoms with E-state index in [0.717, 1.165) is 43.0 Å². The molecule has 2 unspecified atom stereocenters. The van der Waals surface area contributed by atoms with Gasteiger partial charge in [0.2, 0.25) is 0 Å². The van der Waals surface area contributed by atoms with Crippen LogP contribution in [0, 0.1) is 5.92 Å². The zero-order valence-electron chi connectivity index (χ0n) is 18.9. The van der Waals surface area contributed by atoms with Gasteiger partial charge in [-0.1, -0.05) is 30.3 Å². The van der Waals surface area contributed by atoms with Crippen molar-refractivity contribution in [2.45, 2.75) is 44.6 Å². The number of carbonyl (C=O) groups excluding carboxylic acids is 2. The smallest absolute Gasteiger partial charge is 0.254 e. The Balaban J connectivity index is 1.53. The van der Waals surface area contributed by atoms with Crippen LogP contribution >= 0.6 is 0 Å². The van der Waals surface area contributed by atoms with E-state index in [9.17, 15) is 9.59 Å². The Morgan fingerprint density at radius 2 is 1.84 bits per heavy atom. The maximum Gasteiger partial charge on any atom is 0.254 e. The average molecular weight is 436 g/mol. The van der Waals surface area contributed by atoms with Crippen molar-refractivity contribution in [1.29, 1.82) is 0 Å². The third kappa shape index (κ3) is 4.80. The van der Waals surface area contributed by atoms with Crippen molar-refractivity contribution >= 4 is 11.8 Å². The molecule has 2 aliphatic heterocycles. The van der Waals surface area contributed by atoms with Crippen molar-refractivity contribution in [2.75, 3.05) is 26.7 Å². The first-order valence-corrected chi connectivity index (χ1v) is 11.7. The Bertz CT molecular complexity index is 954. The van der Waals surface area contributed by atoms with Crippen molar-refractivity contribution in [1.82, 2.24) is 16.0 Å². The maximum atomic E-state index is 13.0. The lowest BCUT2D eigenvalue weighted by Crippen LogP contribution is -2.29. The van der Waals surface area contributed by atoms with Crippen LogP contribution in [0.2, 0.25) is 0 Å². The minimum Gasteiger partial charge on any atom is -0.489 e. The summed E-state index contributed by atoms with van der Waals surface area (Å²) in [5, 5.41) is 9.12. The Morgan fingerprint density at radius 1 is 1.09 bits per heavy atom. The van der Waals surface area contributed by atoms with Gasteiger partial charge >= 0.3 is 0 Å². The van der Waals surface area contributed by atoms with E-state index < -0.39 is 0 Å². The van der Waals surface area contributed by atoms with Crippen LogP contribution in [0.25, 0.3) is 0 Å². The van der Waals surface area contributed by atoms with E-state index in [2.05, 4.69) is 28.1 Å². The Labute approximate surface area is 190 Å². The highest BCUT2D eigenvalue weighted by molar-refractivity contribution is 6.02. The Kier molecular flexibility index (Phi) is 7.10. The fourth-order valence-corrected chi connectivity index (χ4v) is 4.93. The van der Waals surface area contributed by atoms with Crippen LogP contribution in [-0.4, -0.2) is 44.6 Å². The first-order valence-electron chi connectivity index (χ1n) is 11.7. The van der Waals surface area contributed by atoms with Crippen LogP contribution in [0.4, 0.5) is 0 Å². The molecule has 0 spiro atoms. The summed E-state index contributed by atoms with van der Waals surface area (Å²) in [6, 6.07) is 13.6. The number of carbonyl (C=O) groups is 2. The SMILES string of the molecule is CNC(=O)c1cc(C(=O)NCCCC2CCNCC2)cc2c1OC(C)C2c1ccccc1. The van der Waals surface area contributed by atoms with Crippen molar-refractivity contribution < 1.29 is 14.3 Å². The quantitative estimate of drug-likeness (QED) is 0.582. The van der Waals surface area contributed by atoms with Crippen LogP contribution < -0.4 is 20.7 Å². The molecule has 0 bridgehead atoms. The van der Waals surface area contributed by atoms with E-state index in [0.29, 0.717) is 23.4 Å². The van der Waals surface area contributed by atoms with E-state index in [1.165, 1.54) is 12.8 Å². The van der Waals surface area contributed by atoms with Crippen molar-refractivity contribution in [3.63, 3.8) is 0 Å². The lowest BCUT2D eigenvalue weighted by molar-refractivity contribution is 0.0952. The summed E-state index contributed by atoms with van der Waals surface area (Å²) in [5.41, 5.74) is 2.92. The molecule has 2 aliphatic rings. The molecule has 170 valence electrons. The minimum absolute atomic E-state index is 0.0257. The lowest BCUT2D eigenvalue weighted by Gasteiger charge is -2.22. The summed E-state index contributed by atoms with van der Waals surface area (Å²) in [7, 11) is 1.59. The summed E-state index contributed by atoms with van der Waals surface area (Å²) in [6.07, 6.45) is 4.41. The van der Waals surface area contributed by atoms with Gasteiger partial charge < -0.3 is 20.7 Å². The van der Waals surface area contributed by atoms with Gasteiger partial charge in [-0.25, -0.2) is 0 Å². The maximum absolute atomic E-state index is 13.0. The second-order valence-corrected chi connectivity index (χ2v) is 8.82. The van der Waals surface area contributed by atoms with Crippen LogP contribution in [-0.2, 0) is 0 Å². The number of fused-ring (bicyclic) bond motifs is 1. The highest BCUT2D eigenvalue weighted by atomic mass is 16.5. The second kappa shape index (κ2) is 10.2. The molecule has 0 radical (unpaired) electrons. The molecule has 6 heteroatoms. The monoisotopic (exact) mass is 435 g/mol. The number of rotatable bonds is 7. The molecule has 1 fully saturated rings. The first-order chi connectivity index (χ1) is 15.6. The molecule has 2 aromatic carbocycles. The van der Waals surface area contributed by atoms with Gasteiger partial charge in [-0.3, -0.25) is 9.59 Å². The largest absolute Gasteiger partial charge is 0.489 e. The van der Waals surface area contributed by atoms with Gasteiger partial charge in [-0.05, 0) is 69.3 Å². The Hall–Kier alpha value is -2.86. The van der Waals surface area contributed by atoms with Gasteiger partial charge in [0.1, 0.15) is 11.9 Å². The average Bonchev–Trinajstić information content (AvgIpc) is 3.17. The van der Waals surface area contributed by atoms with Crippen LogP contribution in [0.5, 0.6) is 5.75 Å². The minimum atomic E-state index is -0.247. The normalized spacial score (nSPS) is 20.3. The van der Waals surface area contributed by atoms with Crippen molar-refractivity contribution in [2.24, 2.45) is 5.92 Å². The molecule has 32 heavy (non-hydrogen) atoms. The summed E-state index contributed by atoms with van der Waals surface area (Å²) >= 11 is 0. The zero-order valence-corrected chi connectivity index (χ0v) is 18.9. The highest BCUT2D eigenvalue weighted by Gasteiger charge is 2.36. The molecule has 0 aliphatic carbocycles. The molecular weight excluding hydrogens is 402 g/mol. The molecule has 1 saturated heterocycles. The standard InChI is InChI=1S/C26H33N3O3/c1-17-23(19-8-4-3-5-9-19)21-15-20(16-22(24(21)32-17)26(31)27-2)25(30)29-12-6-7-18-10-13-28-14-11-18/h3-5,8-9,15-18,23,28H,6-7,10-14H2,1-2H3,(H,27,31)(H,29,30). The number of benzene rings is 2. The molecule has 2 atom stereocenters. The van der Waals surface area contributed by atoms with Gasteiger partial charge in [0.05, 0.1) is 5.56 Å². The third-order valence-corrected chi connectivity index (χ3v) is 6.65. The van der Waals surface area contributed by atoms with Gasteiger partial charge in [-0.2, -0.15) is 0 Å². The number of amides is 2. The lowest BCUT2D eigenvalue weighted by atomic mass is 9.87. The van der Waals surface area contributed by atoms with Gasteiger partial charge in [0.15, 0.2) is 0 Å². The van der Waals surface area contributed by atoms with Crippen LogP contribution in [0.15, 0.2) is 42.5 Å². The zero-order chi connectivity index (χ0) is 22.5. The molecule has 6 nitrogen and oxygen atoms in total. The highest BCUT2D eigenvalue weighted by Crippen LogP contribution is 2.44. The summed E-state index contributed by atoms with van der Waals surface area (Å²) in [4.78, 5) is 25.6. The second-order valence-electron chi connectivity index (χ2n) is 8.82. The molecule has 3 N–H and O–H groups in total. The molecule has 4 rings (SSSR count). The van der Waals surface area contributed by atoms with E-state index in [-0.39, 0.29) is 23.8 Å². The third-order valence-electron chi connectivity index (χ3n) is 6.65. The van der Waals surface area contributed by atoms with E-state index >= 15 is 0 Å². The fraction of sp³-hybridized carbons (Fsp3) is 0.462. The molecule has 2 aromatic rings. The van der Waals surface area contributed by atoms with Crippen LogP contribution in [0.3, 0.4) is 0 Å². The van der Waals surface area contributed by atoms with Crippen molar-refractivity contribution in [3.05, 3.63) is 64.7 Å². The molecule has 2 amide bonds. The van der Waals surface area contributed by atoms with E-state index in [1.807, 2.05) is 31.2 Å². The number of hydrogen-bond donors (Lipinski definition) is 3. The number of nitrogens with one attached hydrogen (secondary N) is 3. The van der Waals surface area contributed by atoms with Crippen LogP contribution in [0.1, 0.15) is 70.4 Å². The summed E-state index contributed by atoms with van der Waals surface area (Å²) in [5.74, 6) is 0.908. The summed E-state index contributed by atoms with van der Waals surface area (Å²) in [6.45, 7) is 4.84. The predicted molar refractivity (Wildman–Crippen MR) is 125 cm³/mol. The number of hydrogen-bond acceptors (Lipinski definition) is 4. The van der Waals surface area contributed by atoms with Gasteiger partial charge in [0, 0.05) is 30.6 Å². The van der Waals surface area contributed by atoms with Gasteiger partial charge in [0.25, 0.3) is 11.8 Å². The molecule has 0 aromatic heterocycles. The van der Waals surface area contributed by atoms with E-state index in [4.69, 9.17) is 4.74 Å². The van der Waals surface area contributed by atoms with Gasteiger partial charge in [-0.15, -0.1) is 0 Å². The Morgan fingerprint density at radius 3 is 2.56 bits per heavy atom. The van der Waals surface area contributed by atoms with Crippen molar-refractivity contribution in [3.8, 4) is 5.75 Å². The topological polar surface area (TPSA) is 79.5 Å². The van der Waals surface area contributed by atoms with E-state index in [1.54, 1.807) is 13.1 Å². The first kappa shape index (κ1) is 22.3. The molecule has 2 heterocycles. The molecule has 0 saturated carbocycles. The predicted octanol–water partition coefficient (Wildman–Crippen LogP) is 3.47. The number of ether oxygens (including phenoxy) is 1. The number of piperidine rings is 1.